The number of aromatic amines is 1. The van der Waals surface area contributed by atoms with E-state index < -0.39 is 18.0 Å². The molecule has 0 radical (unpaired) electrons. The van der Waals surface area contributed by atoms with Gasteiger partial charge in [-0.1, -0.05) is 44.0 Å². The highest BCUT2D eigenvalue weighted by atomic mass is 79.9. The molecule has 1 atom stereocenters. The van der Waals surface area contributed by atoms with Crippen LogP contribution in [0.15, 0.2) is 69.5 Å². The fraction of sp³-hybridized carbons (Fsp3) is 0.130. The van der Waals surface area contributed by atoms with Gasteiger partial charge < -0.3 is 19.4 Å². The van der Waals surface area contributed by atoms with Crippen LogP contribution >= 0.6 is 31.9 Å². The first-order chi connectivity index (χ1) is 14.9. The van der Waals surface area contributed by atoms with E-state index in [1.165, 1.54) is 14.2 Å². The van der Waals surface area contributed by atoms with Gasteiger partial charge in [-0.15, -0.1) is 0 Å². The number of carbonyl (C=O) groups excluding carboxylic acids is 2. The molecule has 0 saturated carbocycles. The highest BCUT2D eigenvalue weighted by molar-refractivity contribution is 9.10. The molecule has 31 heavy (non-hydrogen) atoms. The summed E-state index contributed by atoms with van der Waals surface area (Å²) in [4.78, 5) is 29.8. The first-order valence-electron chi connectivity index (χ1n) is 9.34. The maximum absolute atomic E-state index is 12.7. The topological polar surface area (TPSA) is 71.6 Å². The van der Waals surface area contributed by atoms with Crippen LogP contribution in [0.1, 0.15) is 22.7 Å². The average molecular weight is 546 g/mol. The van der Waals surface area contributed by atoms with Crippen LogP contribution in [0.3, 0.4) is 0 Å². The Labute approximate surface area is 195 Å². The summed E-state index contributed by atoms with van der Waals surface area (Å²) in [6, 6.07) is 11.5. The highest BCUT2D eigenvalue weighted by Gasteiger charge is 2.33. The van der Waals surface area contributed by atoms with Crippen LogP contribution < -0.4 is 0 Å². The number of nitrogens with one attached hydrogen (secondary N) is 1. The zero-order valence-corrected chi connectivity index (χ0v) is 19.9. The lowest BCUT2D eigenvalue weighted by Gasteiger charge is -2.35. The van der Waals surface area contributed by atoms with Gasteiger partial charge in [0, 0.05) is 37.8 Å². The number of ether oxygens (including phenoxy) is 2. The van der Waals surface area contributed by atoms with Crippen molar-refractivity contribution < 1.29 is 19.1 Å². The van der Waals surface area contributed by atoms with Gasteiger partial charge in [-0.05, 0) is 41.5 Å². The first kappa shape index (κ1) is 21.4. The maximum Gasteiger partial charge on any atom is 0.354 e. The molecule has 0 bridgehead atoms. The third-order valence-electron chi connectivity index (χ3n) is 5.16. The van der Waals surface area contributed by atoms with Crippen molar-refractivity contribution in [2.24, 2.45) is 0 Å². The van der Waals surface area contributed by atoms with Gasteiger partial charge in [0.1, 0.15) is 5.70 Å². The van der Waals surface area contributed by atoms with Gasteiger partial charge in [0.25, 0.3) is 0 Å². The molecule has 3 aromatic rings. The zero-order valence-electron chi connectivity index (χ0n) is 16.7. The number of esters is 2. The van der Waals surface area contributed by atoms with Crippen molar-refractivity contribution in [3.63, 3.8) is 0 Å². The molecule has 6 nitrogen and oxygen atoms in total. The van der Waals surface area contributed by atoms with Gasteiger partial charge in [0.05, 0.1) is 26.3 Å². The van der Waals surface area contributed by atoms with Gasteiger partial charge in [-0.3, -0.25) is 0 Å². The molecule has 2 aromatic carbocycles. The molecule has 158 valence electrons. The van der Waals surface area contributed by atoms with E-state index in [1.54, 1.807) is 11.1 Å². The summed E-state index contributed by atoms with van der Waals surface area (Å²) in [6.45, 7) is 0. The summed E-state index contributed by atoms with van der Waals surface area (Å²) in [5, 5.41) is 0.993. The number of benzene rings is 2. The molecule has 8 heteroatoms. The summed E-state index contributed by atoms with van der Waals surface area (Å²) < 4.78 is 11.6. The second-order valence-corrected chi connectivity index (χ2v) is 8.62. The Hall–Kier alpha value is -2.84. The first-order valence-corrected chi connectivity index (χ1v) is 10.9. The lowest BCUT2D eigenvalue weighted by atomic mass is 9.90. The molecule has 1 aromatic heterocycles. The van der Waals surface area contributed by atoms with Crippen LogP contribution in [0.4, 0.5) is 0 Å². The van der Waals surface area contributed by atoms with Crippen molar-refractivity contribution in [3.8, 4) is 0 Å². The minimum absolute atomic E-state index is 0.0746. The number of rotatable bonds is 4. The predicted molar refractivity (Wildman–Crippen MR) is 125 cm³/mol. The minimum Gasteiger partial charge on any atom is -0.466 e. The second-order valence-electron chi connectivity index (χ2n) is 6.85. The monoisotopic (exact) mass is 544 g/mol. The number of methoxy groups -OCH3 is 2. The Morgan fingerprint density at radius 3 is 2.65 bits per heavy atom. The SMILES string of the molecule is COC(=O)/C=C(\C(=O)OC)N1C=Cc2c(Br)cccc2C1c1c[nH]c2ccc(Br)cc12. The molecule has 0 spiro atoms. The van der Waals surface area contributed by atoms with E-state index in [0.717, 1.165) is 42.6 Å². The Balaban J connectivity index is 1.98. The summed E-state index contributed by atoms with van der Waals surface area (Å²) >= 11 is 7.16. The maximum atomic E-state index is 12.7. The minimum atomic E-state index is -0.644. The van der Waals surface area contributed by atoms with E-state index >= 15 is 0 Å². The molecule has 1 aliphatic rings. The zero-order chi connectivity index (χ0) is 22.1. The number of carbonyl (C=O) groups is 2. The lowest BCUT2D eigenvalue weighted by molar-refractivity contribution is -0.139. The van der Waals surface area contributed by atoms with Crippen molar-refractivity contribution in [2.75, 3.05) is 14.2 Å². The summed E-state index contributed by atoms with van der Waals surface area (Å²) in [5.41, 5.74) is 3.94. The van der Waals surface area contributed by atoms with Crippen LogP contribution in [-0.4, -0.2) is 36.0 Å². The van der Waals surface area contributed by atoms with Crippen LogP contribution in [0.2, 0.25) is 0 Å². The Bertz CT molecular complexity index is 1250. The molecule has 1 N–H and O–H groups in total. The Kier molecular flexibility index (Phi) is 6.02. The van der Waals surface area contributed by atoms with E-state index in [9.17, 15) is 9.59 Å². The van der Waals surface area contributed by atoms with Crippen molar-refractivity contribution in [1.29, 1.82) is 0 Å². The second kappa shape index (κ2) is 8.72. The molecule has 0 amide bonds. The molecular weight excluding hydrogens is 528 g/mol. The quantitative estimate of drug-likeness (QED) is 0.356. The van der Waals surface area contributed by atoms with Gasteiger partial charge in [0.2, 0.25) is 0 Å². The number of fused-ring (bicyclic) bond motifs is 2. The van der Waals surface area contributed by atoms with E-state index in [-0.39, 0.29) is 5.70 Å². The fourth-order valence-electron chi connectivity index (χ4n) is 3.75. The largest absolute Gasteiger partial charge is 0.466 e. The van der Waals surface area contributed by atoms with Crippen molar-refractivity contribution >= 4 is 60.8 Å². The number of hydrogen-bond acceptors (Lipinski definition) is 5. The molecule has 4 rings (SSSR count). The highest BCUT2D eigenvalue weighted by Crippen LogP contribution is 2.43. The number of nitrogens with zero attached hydrogens (tertiary/aromatic N) is 1. The lowest BCUT2D eigenvalue weighted by Crippen LogP contribution is -2.31. The van der Waals surface area contributed by atoms with Crippen LogP contribution in [-0.2, 0) is 19.1 Å². The Morgan fingerprint density at radius 1 is 1.10 bits per heavy atom. The van der Waals surface area contributed by atoms with Gasteiger partial charge in [-0.2, -0.15) is 0 Å². The normalized spacial score (nSPS) is 15.7. The number of H-pyrrole nitrogens is 1. The van der Waals surface area contributed by atoms with Crippen LogP contribution in [0.25, 0.3) is 17.0 Å². The van der Waals surface area contributed by atoms with Crippen LogP contribution in [0.5, 0.6) is 0 Å². The smallest absolute Gasteiger partial charge is 0.354 e. The summed E-state index contributed by atoms with van der Waals surface area (Å²) in [7, 11) is 2.55. The van der Waals surface area contributed by atoms with Gasteiger partial charge in [0.15, 0.2) is 0 Å². The standard InChI is InChI=1S/C23H18Br2N2O4/c1-30-21(28)11-20(23(29)31-2)27-9-8-14-15(4-3-5-18(14)25)22(27)17-12-26-19-7-6-13(24)10-16(17)19/h3-12,22,26H,1-2H3/b20-11+. The number of hydrogen-bond donors (Lipinski definition) is 1. The molecule has 0 aliphatic carbocycles. The Morgan fingerprint density at radius 2 is 1.90 bits per heavy atom. The van der Waals surface area contributed by atoms with Crippen LogP contribution in [0, 0.1) is 0 Å². The third-order valence-corrected chi connectivity index (χ3v) is 6.34. The predicted octanol–water partition coefficient (Wildman–Crippen LogP) is 5.30. The number of aromatic nitrogens is 1. The molecule has 0 saturated heterocycles. The van der Waals surface area contributed by atoms with E-state index in [0.29, 0.717) is 0 Å². The summed E-state index contributed by atoms with van der Waals surface area (Å²) in [5.74, 6) is -1.28. The summed E-state index contributed by atoms with van der Waals surface area (Å²) in [6.07, 6.45) is 6.75. The van der Waals surface area contributed by atoms with Crippen molar-refractivity contribution in [3.05, 3.63) is 86.2 Å². The average Bonchev–Trinajstić information content (AvgIpc) is 3.19. The molecule has 1 unspecified atom stereocenters. The van der Waals surface area contributed by atoms with Gasteiger partial charge in [-0.25, -0.2) is 9.59 Å². The molecule has 2 heterocycles. The molecule has 1 aliphatic heterocycles. The van der Waals surface area contributed by atoms with E-state index in [1.807, 2.05) is 48.7 Å². The van der Waals surface area contributed by atoms with Gasteiger partial charge >= 0.3 is 11.9 Å². The van der Waals surface area contributed by atoms with Crippen molar-refractivity contribution in [1.82, 2.24) is 9.88 Å². The third kappa shape index (κ3) is 3.93. The fourth-order valence-corrected chi connectivity index (χ4v) is 4.62. The van der Waals surface area contributed by atoms with Crippen molar-refractivity contribution in [2.45, 2.75) is 6.04 Å². The van der Waals surface area contributed by atoms with E-state index in [4.69, 9.17) is 9.47 Å². The molecule has 0 fully saturated rings. The number of halogens is 2. The van der Waals surface area contributed by atoms with E-state index in [2.05, 4.69) is 36.8 Å². The molecular formula is C23H18Br2N2O4.